The van der Waals surface area contributed by atoms with Crippen molar-refractivity contribution in [3.63, 3.8) is 0 Å². The van der Waals surface area contributed by atoms with Gasteiger partial charge in [-0.2, -0.15) is 31.0 Å². The molecular weight excluding hydrogens is 810 g/mol. The molecule has 0 radical (unpaired) electrons. The molecule has 3 N–H and O–H groups in total. The molecule has 0 aliphatic carbocycles. The number of hydrogen-bond donors (Lipinski definition) is 3. The smallest absolute Gasteiger partial charge is 0.418 e. The summed E-state index contributed by atoms with van der Waals surface area (Å²) in [7, 11) is -0.794. The number of methoxy groups -OCH3 is 1. The first-order chi connectivity index (χ1) is 25.7. The molecule has 3 amide bonds. The van der Waals surface area contributed by atoms with Gasteiger partial charge in [-0.25, -0.2) is 27.6 Å². The van der Waals surface area contributed by atoms with Crippen molar-refractivity contribution in [3.8, 4) is 5.75 Å². The van der Waals surface area contributed by atoms with Crippen LogP contribution in [-0.2, 0) is 36.7 Å². The first-order valence-corrected chi connectivity index (χ1v) is 17.4. The Morgan fingerprint density at radius 1 is 0.839 bits per heavy atom. The Morgan fingerprint density at radius 3 is 1.80 bits per heavy atom. The molecular formula is C32H29ClF6N6O10S. The van der Waals surface area contributed by atoms with E-state index in [1.54, 1.807) is 4.83 Å². The summed E-state index contributed by atoms with van der Waals surface area (Å²) in [6.07, 6.45) is -10.2. The third-order valence-corrected chi connectivity index (χ3v) is 8.12. The van der Waals surface area contributed by atoms with Gasteiger partial charge in [-0.15, -0.1) is 0 Å². The zero-order chi connectivity index (χ0) is 42.7. The number of fused-ring (bicyclic) bond motifs is 1. The molecule has 24 heteroatoms. The van der Waals surface area contributed by atoms with E-state index in [1.807, 2.05) is 4.98 Å². The topological polar surface area (TPSA) is 206 Å². The molecule has 4 aromatic rings. The van der Waals surface area contributed by atoms with Crippen molar-refractivity contribution in [1.29, 1.82) is 0 Å². The van der Waals surface area contributed by atoms with Crippen LogP contribution in [0, 0.1) is 0 Å². The molecule has 4 rings (SSSR count). The Morgan fingerprint density at radius 2 is 1.34 bits per heavy atom. The van der Waals surface area contributed by atoms with E-state index in [9.17, 15) is 63.5 Å². The van der Waals surface area contributed by atoms with Gasteiger partial charge in [-0.1, -0.05) is 11.6 Å². The van der Waals surface area contributed by atoms with Gasteiger partial charge in [-0.3, -0.25) is 19.7 Å². The van der Waals surface area contributed by atoms with Crippen molar-refractivity contribution in [2.75, 3.05) is 47.4 Å². The third kappa shape index (κ3) is 10.8. The second-order valence-corrected chi connectivity index (χ2v) is 13.5. The summed E-state index contributed by atoms with van der Waals surface area (Å²) in [5.41, 5.74) is -7.51. The van der Waals surface area contributed by atoms with Gasteiger partial charge in [0.2, 0.25) is 21.8 Å². The summed E-state index contributed by atoms with van der Waals surface area (Å²) >= 11 is 5.73. The number of halogens is 7. The minimum absolute atomic E-state index is 0.0699. The number of aromatic nitrogens is 2. The van der Waals surface area contributed by atoms with E-state index >= 15 is 0 Å². The van der Waals surface area contributed by atoms with Crippen LogP contribution in [0.2, 0.25) is 5.02 Å². The molecule has 1 aromatic heterocycles. The number of ether oxygens (including phenoxy) is 2. The van der Waals surface area contributed by atoms with E-state index < -0.39 is 102 Å². The number of carbonyl (C=O) groups excluding carboxylic acids is 4. The Balaban J connectivity index is 0.000000303. The maximum atomic E-state index is 13.6. The standard InChI is InChI=1S/C19H16ClF3N2O5.C13H13F3N4O5S/c1-10(26)25(2)16-8-13(17(27)29-3)15(9-14(16)19(21,22)23)24-18(28)30-12-6-4-11(20)5-7-12;1-6(21)19(2)10-4-7-9(5-8(10)13(14,15)16)17-12(23)20(11(7)22)18-26(3,24)25/h4-9H,1-3H3,(H,24,28);4-5,18H,1-3H3,(H,17,23). The third-order valence-electron chi connectivity index (χ3n) is 7.35. The van der Waals surface area contributed by atoms with Crippen LogP contribution in [0.15, 0.2) is 58.1 Å². The summed E-state index contributed by atoms with van der Waals surface area (Å²) in [5.74, 6) is -2.38. The van der Waals surface area contributed by atoms with E-state index in [2.05, 4.69) is 10.1 Å². The van der Waals surface area contributed by atoms with Crippen molar-refractivity contribution in [2.45, 2.75) is 26.2 Å². The lowest BCUT2D eigenvalue weighted by molar-refractivity contribution is -0.138. The fourth-order valence-electron chi connectivity index (χ4n) is 4.57. The maximum Gasteiger partial charge on any atom is 0.418 e. The number of H-pyrrole nitrogens is 1. The minimum atomic E-state index is -4.88. The number of benzene rings is 3. The molecule has 3 aromatic carbocycles. The zero-order valence-electron chi connectivity index (χ0n) is 29.6. The molecule has 0 bridgehead atoms. The number of aromatic amines is 1. The Bertz CT molecular complexity index is 2440. The number of nitrogens with zero attached hydrogens (tertiary/aromatic N) is 3. The molecule has 16 nitrogen and oxygen atoms in total. The fourth-order valence-corrected chi connectivity index (χ4v) is 5.19. The number of carbonyl (C=O) groups is 4. The van der Waals surface area contributed by atoms with E-state index in [0.29, 0.717) is 28.3 Å². The molecule has 0 aliphatic rings. The number of anilines is 3. The number of nitrogens with one attached hydrogen (secondary N) is 3. The van der Waals surface area contributed by atoms with Crippen molar-refractivity contribution < 1.29 is 63.4 Å². The summed E-state index contributed by atoms with van der Waals surface area (Å²) in [6, 6.07) is 8.24. The second-order valence-electron chi connectivity index (χ2n) is 11.4. The molecule has 0 unspecified atom stereocenters. The van der Waals surface area contributed by atoms with Crippen molar-refractivity contribution >= 4 is 73.5 Å². The fraction of sp³-hybridized carbons (Fsp3) is 0.250. The number of alkyl halides is 6. The summed E-state index contributed by atoms with van der Waals surface area (Å²) in [5, 5.41) is 2.06. The average Bonchev–Trinajstić information content (AvgIpc) is 3.08. The molecule has 0 aliphatic heterocycles. The molecule has 0 fully saturated rings. The predicted octanol–water partition coefficient (Wildman–Crippen LogP) is 4.93. The number of amides is 3. The Hall–Kier alpha value is -6.10. The molecule has 0 spiro atoms. The lowest BCUT2D eigenvalue weighted by Crippen LogP contribution is -2.43. The van der Waals surface area contributed by atoms with Gasteiger partial charge in [-0.05, 0) is 48.5 Å². The monoisotopic (exact) mass is 838 g/mol. The second kappa shape index (κ2) is 16.7. The van der Waals surface area contributed by atoms with Crippen LogP contribution in [0.5, 0.6) is 5.75 Å². The maximum absolute atomic E-state index is 13.6. The molecule has 0 saturated carbocycles. The van der Waals surface area contributed by atoms with Crippen LogP contribution in [0.1, 0.15) is 35.3 Å². The molecule has 0 atom stereocenters. The molecule has 302 valence electrons. The highest BCUT2D eigenvalue weighted by Crippen LogP contribution is 2.40. The van der Waals surface area contributed by atoms with E-state index in [1.165, 1.54) is 24.3 Å². The van der Waals surface area contributed by atoms with Gasteiger partial charge >= 0.3 is 30.1 Å². The summed E-state index contributed by atoms with van der Waals surface area (Å²) < 4.78 is 113. The normalized spacial score (nSPS) is 11.5. The number of esters is 1. The Kier molecular flexibility index (Phi) is 13.2. The van der Waals surface area contributed by atoms with E-state index in [0.717, 1.165) is 52.1 Å². The van der Waals surface area contributed by atoms with Crippen molar-refractivity contribution in [1.82, 2.24) is 9.66 Å². The average molecular weight is 839 g/mol. The predicted molar refractivity (Wildman–Crippen MR) is 190 cm³/mol. The first-order valence-electron chi connectivity index (χ1n) is 15.1. The number of hydrogen-bond acceptors (Lipinski definition) is 10. The highest BCUT2D eigenvalue weighted by molar-refractivity contribution is 7.91. The molecule has 56 heavy (non-hydrogen) atoms. The molecule has 0 saturated heterocycles. The van der Waals surface area contributed by atoms with Crippen LogP contribution >= 0.6 is 11.6 Å². The lowest BCUT2D eigenvalue weighted by atomic mass is 10.0. The number of sulfonamides is 1. The van der Waals surface area contributed by atoms with Gasteiger partial charge < -0.3 is 24.3 Å². The van der Waals surface area contributed by atoms with Crippen molar-refractivity contribution in [3.05, 3.63) is 91.1 Å². The van der Waals surface area contributed by atoms with E-state index in [4.69, 9.17) is 16.3 Å². The van der Waals surface area contributed by atoms with Gasteiger partial charge in [0.05, 0.1) is 58.0 Å². The van der Waals surface area contributed by atoms with Crippen LogP contribution in [0.3, 0.4) is 0 Å². The lowest BCUT2D eigenvalue weighted by Gasteiger charge is -2.23. The van der Waals surface area contributed by atoms with Crippen LogP contribution in [0.4, 0.5) is 48.2 Å². The van der Waals surface area contributed by atoms with E-state index in [-0.39, 0.29) is 10.4 Å². The minimum Gasteiger partial charge on any atom is -0.465 e. The van der Waals surface area contributed by atoms with Crippen LogP contribution < -0.4 is 35.9 Å². The van der Waals surface area contributed by atoms with Gasteiger partial charge in [0.25, 0.3) is 5.56 Å². The van der Waals surface area contributed by atoms with Gasteiger partial charge in [0.1, 0.15) is 5.75 Å². The molecule has 1 heterocycles. The highest BCUT2D eigenvalue weighted by atomic mass is 35.5. The van der Waals surface area contributed by atoms with Gasteiger partial charge in [0, 0.05) is 33.0 Å². The quantitative estimate of drug-likeness (QED) is 0.169. The highest BCUT2D eigenvalue weighted by Gasteiger charge is 2.38. The zero-order valence-corrected chi connectivity index (χ0v) is 31.2. The summed E-state index contributed by atoms with van der Waals surface area (Å²) in [6.45, 7) is 2.09. The number of rotatable bonds is 7. The van der Waals surface area contributed by atoms with Crippen LogP contribution in [0.25, 0.3) is 10.9 Å². The SMILES string of the molecule is CC(=O)N(C)c1cc2c(=O)n(NS(C)(=O)=O)c(=O)[nH]c2cc1C(F)(F)F.COC(=O)c1cc(N(C)C(C)=O)c(C(F)(F)F)cc1NC(=O)Oc1ccc(Cl)cc1. The first kappa shape index (κ1) is 44.3. The Labute approximate surface area is 316 Å². The van der Waals surface area contributed by atoms with Crippen molar-refractivity contribution in [2.24, 2.45) is 0 Å². The summed E-state index contributed by atoms with van der Waals surface area (Å²) in [4.78, 5) is 76.6. The van der Waals surface area contributed by atoms with Gasteiger partial charge in [0.15, 0.2) is 0 Å². The van der Waals surface area contributed by atoms with Crippen LogP contribution in [-0.4, -0.2) is 69.4 Å². The largest absolute Gasteiger partial charge is 0.465 e.